The Morgan fingerprint density at radius 2 is 1.68 bits per heavy atom. The molecule has 7 rings (SSSR count). The van der Waals surface area contributed by atoms with E-state index in [1.54, 1.807) is 17.2 Å². The number of hydrogen-bond acceptors (Lipinski definition) is 2. The van der Waals surface area contributed by atoms with Crippen LogP contribution in [-0.2, 0) is 13.0 Å². The molecule has 4 aromatic rings. The van der Waals surface area contributed by atoms with Crippen molar-refractivity contribution in [2.24, 2.45) is 0 Å². The van der Waals surface area contributed by atoms with Crippen molar-refractivity contribution in [3.8, 4) is 0 Å². The Morgan fingerprint density at radius 1 is 0.946 bits per heavy atom. The van der Waals surface area contributed by atoms with E-state index in [0.29, 0.717) is 17.5 Å². The summed E-state index contributed by atoms with van der Waals surface area (Å²) in [6, 6.07) is 10.9. The number of benzene rings is 2. The highest BCUT2D eigenvalue weighted by atomic mass is 19.2. The zero-order chi connectivity index (χ0) is 26.4. The molecule has 198 valence electrons. The number of likely N-dealkylation sites (N-methyl/N-ethyl adjacent to an activating group) is 1. The molecule has 0 radical (unpaired) electrons. The van der Waals surface area contributed by atoms with Gasteiger partial charge in [0.2, 0.25) is 0 Å². The van der Waals surface area contributed by atoms with Crippen molar-refractivity contribution in [2.75, 3.05) is 28.2 Å². The number of halogens is 2. The first-order chi connectivity index (χ1) is 17.8. The quantitative estimate of drug-likeness (QED) is 0.322. The summed E-state index contributed by atoms with van der Waals surface area (Å²) in [5.74, 6) is -0.422. The first-order valence-corrected chi connectivity index (χ1v) is 13.6. The molecule has 3 aliphatic rings. The lowest BCUT2D eigenvalue weighted by atomic mass is 9.88. The Kier molecular flexibility index (Phi) is 7.16. The molecule has 4 heterocycles. The third-order valence-corrected chi connectivity index (χ3v) is 8.37. The maximum absolute atomic E-state index is 13.7. The molecule has 0 bridgehead atoms. The standard InChI is InChI=1S/C15H17N.C14H16F2N2.C2H7N/c1-10-5-6-12-3-2-4-13-14(11-7-8-11)9-16(10)15(12)13;1-8-10-6-11(15)13(16)9-4-5-18(14(9)10)7-12(8)17(2)3;1-3-2/h2-4,9-11H,5-8H2,1H3;4-6,8,12H,7H2,1-3H3;3H,1-2H3/t10-;8?,12-;/m10./s1. The molecular weight excluding hydrogens is 466 g/mol. The van der Waals surface area contributed by atoms with Gasteiger partial charge in [0.1, 0.15) is 0 Å². The average molecular weight is 507 g/mol. The van der Waals surface area contributed by atoms with Crippen LogP contribution in [0.25, 0.3) is 21.8 Å². The van der Waals surface area contributed by atoms with Crippen LogP contribution in [0.5, 0.6) is 0 Å². The molecular formula is C31H40F2N4. The number of para-hydroxylation sites is 1. The summed E-state index contributed by atoms with van der Waals surface area (Å²) < 4.78 is 31.9. The van der Waals surface area contributed by atoms with E-state index in [9.17, 15) is 8.78 Å². The molecule has 0 saturated heterocycles. The lowest BCUT2D eigenvalue weighted by Crippen LogP contribution is -2.39. The van der Waals surface area contributed by atoms with E-state index >= 15 is 0 Å². The van der Waals surface area contributed by atoms with E-state index in [1.165, 1.54) is 42.7 Å². The Balaban J connectivity index is 0.000000138. The maximum atomic E-state index is 13.7. The highest BCUT2D eigenvalue weighted by Gasteiger charge is 2.31. The van der Waals surface area contributed by atoms with Gasteiger partial charge in [-0.25, -0.2) is 8.78 Å². The van der Waals surface area contributed by atoms with Crippen molar-refractivity contribution in [1.29, 1.82) is 0 Å². The highest BCUT2D eigenvalue weighted by molar-refractivity contribution is 5.88. The zero-order valence-electron chi connectivity index (χ0n) is 23.0. The predicted octanol–water partition coefficient (Wildman–Crippen LogP) is 6.83. The number of nitrogens with zero attached hydrogens (tertiary/aromatic N) is 3. The molecule has 1 fully saturated rings. The van der Waals surface area contributed by atoms with Crippen molar-refractivity contribution in [1.82, 2.24) is 19.4 Å². The number of aromatic nitrogens is 2. The van der Waals surface area contributed by atoms with E-state index in [2.05, 4.69) is 53.0 Å². The van der Waals surface area contributed by atoms with Gasteiger partial charge in [-0.15, -0.1) is 0 Å². The SMILES string of the molecule is CC1c2cc(F)c(F)c3ccn(c23)C[C@@H]1N(C)C.CNC.C[C@@H]1CCc2cccc3c(C4CC4)cn1c23. The summed E-state index contributed by atoms with van der Waals surface area (Å²) in [6.07, 6.45) is 9.64. The topological polar surface area (TPSA) is 25.1 Å². The summed E-state index contributed by atoms with van der Waals surface area (Å²) >= 11 is 0. The van der Waals surface area contributed by atoms with E-state index in [0.717, 1.165) is 23.5 Å². The average Bonchev–Trinajstić information content (AvgIpc) is 3.50. The zero-order valence-corrected chi connectivity index (χ0v) is 23.0. The van der Waals surface area contributed by atoms with Gasteiger partial charge < -0.3 is 19.4 Å². The third kappa shape index (κ3) is 4.59. The van der Waals surface area contributed by atoms with E-state index in [1.807, 2.05) is 39.0 Å². The number of rotatable bonds is 2. The van der Waals surface area contributed by atoms with Crippen LogP contribution in [0.4, 0.5) is 8.78 Å². The summed E-state index contributed by atoms with van der Waals surface area (Å²) in [7, 11) is 7.79. The first kappa shape index (κ1) is 25.9. The molecule has 37 heavy (non-hydrogen) atoms. The van der Waals surface area contributed by atoms with Gasteiger partial charge in [-0.3, -0.25) is 0 Å². The van der Waals surface area contributed by atoms with Crippen molar-refractivity contribution >= 4 is 21.8 Å². The van der Waals surface area contributed by atoms with Gasteiger partial charge in [0.25, 0.3) is 0 Å². The molecule has 1 aliphatic carbocycles. The molecule has 2 aromatic carbocycles. The third-order valence-electron chi connectivity index (χ3n) is 8.37. The second kappa shape index (κ2) is 10.2. The smallest absolute Gasteiger partial charge is 0.168 e. The Hall–Kier alpha value is -2.70. The molecule has 1 N–H and O–H groups in total. The van der Waals surface area contributed by atoms with Crippen LogP contribution in [0.1, 0.15) is 67.7 Å². The van der Waals surface area contributed by atoms with Crippen LogP contribution < -0.4 is 5.32 Å². The van der Waals surface area contributed by atoms with E-state index < -0.39 is 11.6 Å². The minimum Gasteiger partial charge on any atom is -0.346 e. The minimum absolute atomic E-state index is 0.194. The fourth-order valence-corrected chi connectivity index (χ4v) is 6.23. The van der Waals surface area contributed by atoms with Gasteiger partial charge in [-0.2, -0.15) is 0 Å². The number of hydrogen-bond donors (Lipinski definition) is 1. The van der Waals surface area contributed by atoms with Crippen LogP contribution in [0.15, 0.2) is 42.7 Å². The first-order valence-electron chi connectivity index (χ1n) is 13.6. The summed E-state index contributed by atoms with van der Waals surface area (Å²) in [5.41, 5.74) is 6.45. The van der Waals surface area contributed by atoms with Crippen molar-refractivity contribution in [3.05, 3.63) is 71.1 Å². The molecule has 6 heteroatoms. The number of aryl methyl sites for hydroxylation is 1. The lowest BCUT2D eigenvalue weighted by Gasteiger charge is -2.35. The van der Waals surface area contributed by atoms with Crippen LogP contribution in [0.3, 0.4) is 0 Å². The highest BCUT2D eigenvalue weighted by Crippen LogP contribution is 2.46. The lowest BCUT2D eigenvalue weighted by molar-refractivity contribution is 0.228. The normalized spacial score (nSPS) is 22.0. The molecule has 3 atom stereocenters. The van der Waals surface area contributed by atoms with E-state index in [4.69, 9.17) is 0 Å². The summed E-state index contributed by atoms with van der Waals surface area (Å²) in [4.78, 5) is 2.14. The van der Waals surface area contributed by atoms with Gasteiger partial charge in [0.05, 0.1) is 11.0 Å². The van der Waals surface area contributed by atoms with Crippen LogP contribution >= 0.6 is 0 Å². The molecule has 4 nitrogen and oxygen atoms in total. The predicted molar refractivity (Wildman–Crippen MR) is 150 cm³/mol. The second-order valence-corrected chi connectivity index (χ2v) is 11.3. The van der Waals surface area contributed by atoms with Crippen molar-refractivity contribution in [2.45, 2.75) is 70.0 Å². The van der Waals surface area contributed by atoms with Gasteiger partial charge in [-0.05, 0) is 95.5 Å². The molecule has 0 spiro atoms. The van der Waals surface area contributed by atoms with Gasteiger partial charge in [-0.1, -0.05) is 25.1 Å². The fraction of sp³-hybridized carbons (Fsp3) is 0.484. The van der Waals surface area contributed by atoms with Crippen molar-refractivity contribution in [3.63, 3.8) is 0 Å². The molecule has 2 aromatic heterocycles. The van der Waals surface area contributed by atoms with Crippen LogP contribution in [0, 0.1) is 11.6 Å². The minimum atomic E-state index is -0.749. The Morgan fingerprint density at radius 3 is 2.35 bits per heavy atom. The maximum Gasteiger partial charge on any atom is 0.168 e. The van der Waals surface area contributed by atoms with Crippen LogP contribution in [0.2, 0.25) is 0 Å². The van der Waals surface area contributed by atoms with Gasteiger partial charge >= 0.3 is 0 Å². The Bertz CT molecular complexity index is 1410. The van der Waals surface area contributed by atoms with Crippen molar-refractivity contribution < 1.29 is 8.78 Å². The summed E-state index contributed by atoms with van der Waals surface area (Å²) in [6.45, 7) is 5.25. The monoisotopic (exact) mass is 506 g/mol. The number of nitrogens with one attached hydrogen (secondary N) is 1. The largest absolute Gasteiger partial charge is 0.346 e. The second-order valence-electron chi connectivity index (χ2n) is 11.3. The fourth-order valence-electron chi connectivity index (χ4n) is 6.23. The molecule has 0 amide bonds. The van der Waals surface area contributed by atoms with Gasteiger partial charge in [0, 0.05) is 47.7 Å². The van der Waals surface area contributed by atoms with Crippen LogP contribution in [-0.4, -0.2) is 48.3 Å². The summed E-state index contributed by atoms with van der Waals surface area (Å²) in [5, 5.41) is 4.68. The van der Waals surface area contributed by atoms with Gasteiger partial charge in [0.15, 0.2) is 11.6 Å². The molecule has 1 saturated carbocycles. The van der Waals surface area contributed by atoms with E-state index in [-0.39, 0.29) is 5.92 Å². The Labute approximate surface area is 219 Å². The molecule has 2 aliphatic heterocycles. The molecule has 1 unspecified atom stereocenters.